The Balaban J connectivity index is 2.02. The molecule has 2 aromatic rings. The van der Waals surface area contributed by atoms with Crippen molar-refractivity contribution in [1.29, 1.82) is 0 Å². The van der Waals surface area contributed by atoms with Crippen molar-refractivity contribution in [3.05, 3.63) is 44.2 Å². The minimum Gasteiger partial charge on any atom is -0.496 e. The highest BCUT2D eigenvalue weighted by molar-refractivity contribution is 7.09. The largest absolute Gasteiger partial charge is 0.496 e. The van der Waals surface area contributed by atoms with E-state index in [0.29, 0.717) is 34.4 Å². The van der Waals surface area contributed by atoms with Gasteiger partial charge in [0.15, 0.2) is 4.80 Å². The zero-order valence-corrected chi connectivity index (χ0v) is 15.2. The Hall–Kier alpha value is -1.63. The summed E-state index contributed by atoms with van der Waals surface area (Å²) < 4.78 is 12.9. The number of amides is 1. The average Bonchev–Trinajstić information content (AvgIpc) is 3.14. The highest BCUT2D eigenvalue weighted by atomic mass is 35.5. The molecule has 24 heavy (non-hydrogen) atoms. The second kappa shape index (κ2) is 7.51. The van der Waals surface area contributed by atoms with Gasteiger partial charge in [0.2, 0.25) is 0 Å². The Bertz CT molecular complexity index is 826. The van der Waals surface area contributed by atoms with Crippen LogP contribution in [0.2, 0.25) is 5.02 Å². The third kappa shape index (κ3) is 3.41. The van der Waals surface area contributed by atoms with Gasteiger partial charge < -0.3 is 14.0 Å². The molecule has 0 spiro atoms. The number of rotatable bonds is 5. The van der Waals surface area contributed by atoms with E-state index in [1.54, 1.807) is 18.2 Å². The average molecular weight is 367 g/mol. The lowest BCUT2D eigenvalue weighted by Gasteiger charge is -2.07. The molecule has 0 unspecified atom stereocenters. The molecule has 0 saturated carbocycles. The van der Waals surface area contributed by atoms with Crippen LogP contribution < -0.4 is 9.54 Å². The van der Waals surface area contributed by atoms with Gasteiger partial charge in [-0.3, -0.25) is 4.79 Å². The molecule has 128 valence electrons. The summed E-state index contributed by atoms with van der Waals surface area (Å²) in [6, 6.07) is 4.96. The molecular formula is C17H19ClN2O3S. The van der Waals surface area contributed by atoms with E-state index < -0.39 is 0 Å². The van der Waals surface area contributed by atoms with Gasteiger partial charge in [-0.2, -0.15) is 4.99 Å². The zero-order valence-electron chi connectivity index (χ0n) is 13.7. The minimum absolute atomic E-state index is 0.347. The zero-order chi connectivity index (χ0) is 17.1. The molecule has 5 nitrogen and oxygen atoms in total. The summed E-state index contributed by atoms with van der Waals surface area (Å²) >= 11 is 7.53. The smallest absolute Gasteiger partial charge is 0.283 e. The molecule has 0 aliphatic carbocycles. The summed E-state index contributed by atoms with van der Waals surface area (Å²) in [7, 11) is 1.53. The standard InChI is InChI=1S/C17H19ClN2O3S/c1-3-4-7-20-13-9-23-10-15(13)24-17(20)19-16(21)12-8-11(18)5-6-14(12)22-2/h5-6,8H,3-4,7,9-10H2,1-2H3. The second-order valence-electron chi connectivity index (χ2n) is 5.51. The second-order valence-corrected chi connectivity index (χ2v) is 7.01. The number of hydrogen-bond acceptors (Lipinski definition) is 4. The van der Waals surface area contributed by atoms with Crippen LogP contribution >= 0.6 is 22.9 Å². The molecule has 1 amide bonds. The molecule has 1 aliphatic rings. The first-order valence-corrected chi connectivity index (χ1v) is 9.05. The predicted octanol–water partition coefficient (Wildman–Crippen LogP) is 3.78. The fraction of sp³-hybridized carbons (Fsp3) is 0.412. The number of methoxy groups -OCH3 is 1. The highest BCUT2D eigenvalue weighted by Gasteiger charge is 2.20. The summed E-state index contributed by atoms with van der Waals surface area (Å²) in [4.78, 5) is 18.9. The number of benzene rings is 1. The third-order valence-corrected chi connectivity index (χ3v) is 5.22. The predicted molar refractivity (Wildman–Crippen MR) is 93.6 cm³/mol. The lowest BCUT2D eigenvalue weighted by molar-refractivity contribution is 0.0994. The molecule has 7 heteroatoms. The van der Waals surface area contributed by atoms with Gasteiger partial charge in [0, 0.05) is 11.6 Å². The van der Waals surface area contributed by atoms with Crippen molar-refractivity contribution in [2.45, 2.75) is 39.5 Å². The summed E-state index contributed by atoms with van der Waals surface area (Å²) in [6.07, 6.45) is 2.11. The third-order valence-electron chi connectivity index (χ3n) is 3.89. The van der Waals surface area contributed by atoms with Crippen molar-refractivity contribution < 1.29 is 14.3 Å². The van der Waals surface area contributed by atoms with E-state index >= 15 is 0 Å². The van der Waals surface area contributed by atoms with Crippen LogP contribution in [0.5, 0.6) is 5.75 Å². The van der Waals surface area contributed by atoms with Crippen molar-refractivity contribution in [3.63, 3.8) is 0 Å². The Labute approximate surface area is 149 Å². The van der Waals surface area contributed by atoms with Crippen molar-refractivity contribution in [2.24, 2.45) is 4.99 Å². The molecule has 2 heterocycles. The Morgan fingerprint density at radius 2 is 2.29 bits per heavy atom. The lowest BCUT2D eigenvalue weighted by atomic mass is 10.2. The number of unbranched alkanes of at least 4 members (excludes halogenated alkanes) is 1. The first kappa shape index (κ1) is 17.2. The van der Waals surface area contributed by atoms with Gasteiger partial charge in [-0.15, -0.1) is 0 Å². The van der Waals surface area contributed by atoms with Crippen molar-refractivity contribution in [1.82, 2.24) is 4.57 Å². The number of fused-ring (bicyclic) bond motifs is 1. The topological polar surface area (TPSA) is 52.8 Å². The lowest BCUT2D eigenvalue weighted by Crippen LogP contribution is -2.19. The number of hydrogen-bond donors (Lipinski definition) is 0. The number of thiazole rings is 1. The molecule has 0 saturated heterocycles. The number of carbonyl (C=O) groups is 1. The molecule has 0 radical (unpaired) electrons. The van der Waals surface area contributed by atoms with E-state index in [-0.39, 0.29) is 5.91 Å². The Morgan fingerprint density at radius 1 is 1.46 bits per heavy atom. The molecule has 3 rings (SSSR count). The van der Waals surface area contributed by atoms with Crippen LogP contribution in [0.3, 0.4) is 0 Å². The quantitative estimate of drug-likeness (QED) is 0.809. The summed E-state index contributed by atoms with van der Waals surface area (Å²) in [5, 5.41) is 0.482. The molecule has 1 aromatic carbocycles. The van der Waals surface area contributed by atoms with E-state index in [0.717, 1.165) is 30.0 Å². The maximum absolute atomic E-state index is 12.7. The highest BCUT2D eigenvalue weighted by Crippen LogP contribution is 2.25. The number of nitrogens with zero attached hydrogens (tertiary/aromatic N) is 2. The van der Waals surface area contributed by atoms with Gasteiger partial charge in [-0.1, -0.05) is 36.3 Å². The van der Waals surface area contributed by atoms with E-state index in [1.165, 1.54) is 18.4 Å². The van der Waals surface area contributed by atoms with Crippen molar-refractivity contribution in [2.75, 3.05) is 7.11 Å². The van der Waals surface area contributed by atoms with Crippen molar-refractivity contribution >= 4 is 28.8 Å². The van der Waals surface area contributed by atoms with Gasteiger partial charge in [0.1, 0.15) is 5.75 Å². The first-order valence-electron chi connectivity index (χ1n) is 7.85. The van der Waals surface area contributed by atoms with Crippen LogP contribution in [-0.2, 0) is 24.5 Å². The molecular weight excluding hydrogens is 348 g/mol. The molecule has 0 atom stereocenters. The van der Waals surface area contributed by atoms with Crippen molar-refractivity contribution in [3.8, 4) is 5.75 Å². The van der Waals surface area contributed by atoms with E-state index in [9.17, 15) is 4.79 Å². The molecule has 0 fully saturated rings. The van der Waals surface area contributed by atoms with Gasteiger partial charge in [0.05, 0.1) is 36.5 Å². The van der Waals surface area contributed by atoms with Gasteiger partial charge in [0.25, 0.3) is 5.91 Å². The summed E-state index contributed by atoms with van der Waals surface area (Å²) in [5.41, 5.74) is 1.51. The molecule has 0 bridgehead atoms. The Morgan fingerprint density at radius 3 is 3.04 bits per heavy atom. The fourth-order valence-corrected chi connectivity index (χ4v) is 3.89. The minimum atomic E-state index is -0.347. The van der Waals surface area contributed by atoms with Gasteiger partial charge in [-0.25, -0.2) is 0 Å². The van der Waals surface area contributed by atoms with Gasteiger partial charge >= 0.3 is 0 Å². The normalized spacial score (nSPS) is 14.0. The number of carbonyl (C=O) groups excluding carboxylic acids is 1. The van der Waals surface area contributed by atoms with E-state index in [1.807, 2.05) is 0 Å². The maximum atomic E-state index is 12.7. The molecule has 1 aromatic heterocycles. The van der Waals surface area contributed by atoms with E-state index in [2.05, 4.69) is 16.5 Å². The van der Waals surface area contributed by atoms with Gasteiger partial charge in [-0.05, 0) is 24.6 Å². The maximum Gasteiger partial charge on any atom is 0.283 e. The van der Waals surface area contributed by atoms with Crippen LogP contribution in [0.15, 0.2) is 23.2 Å². The molecule has 1 aliphatic heterocycles. The van der Waals surface area contributed by atoms with Crippen LogP contribution in [0.25, 0.3) is 0 Å². The number of halogens is 1. The summed E-state index contributed by atoms with van der Waals surface area (Å²) in [6.45, 7) is 4.16. The number of ether oxygens (including phenoxy) is 2. The van der Waals surface area contributed by atoms with Crippen LogP contribution in [0, 0.1) is 0 Å². The fourth-order valence-electron chi connectivity index (χ4n) is 2.63. The SMILES string of the molecule is CCCCn1c2c(sc1=NC(=O)c1cc(Cl)ccc1OC)COC2. The number of aromatic nitrogens is 1. The van der Waals surface area contributed by atoms with Crippen LogP contribution in [-0.4, -0.2) is 17.6 Å². The monoisotopic (exact) mass is 366 g/mol. The Kier molecular flexibility index (Phi) is 5.38. The van der Waals surface area contributed by atoms with Crippen LogP contribution in [0.4, 0.5) is 0 Å². The summed E-state index contributed by atoms with van der Waals surface area (Å²) in [5.74, 6) is 0.126. The van der Waals surface area contributed by atoms with Crippen LogP contribution in [0.1, 0.15) is 40.7 Å². The van der Waals surface area contributed by atoms with E-state index in [4.69, 9.17) is 21.1 Å². The molecule has 0 N–H and O–H groups in total. The first-order chi connectivity index (χ1) is 11.6.